The topological polar surface area (TPSA) is 15.3 Å². The summed E-state index contributed by atoms with van der Waals surface area (Å²) in [5.74, 6) is 0. The Hall–Kier alpha value is -0.860. The number of piperidine rings is 1. The van der Waals surface area contributed by atoms with E-state index < -0.39 is 0 Å². The minimum absolute atomic E-state index is 0.431. The molecule has 21 heavy (non-hydrogen) atoms. The second-order valence-corrected chi connectivity index (χ2v) is 7.32. The normalized spacial score (nSPS) is 21.9. The molecule has 0 aliphatic carbocycles. The van der Waals surface area contributed by atoms with E-state index in [9.17, 15) is 0 Å². The second-order valence-electron chi connectivity index (χ2n) is 7.32. The van der Waals surface area contributed by atoms with E-state index in [2.05, 4.69) is 68.2 Å². The predicted octanol–water partition coefficient (Wildman–Crippen LogP) is 4.24. The van der Waals surface area contributed by atoms with Gasteiger partial charge in [0, 0.05) is 18.6 Å². The van der Waals surface area contributed by atoms with Crippen LogP contribution in [0.3, 0.4) is 0 Å². The number of nitrogens with one attached hydrogen (secondary N) is 1. The van der Waals surface area contributed by atoms with Gasteiger partial charge >= 0.3 is 0 Å². The number of hydrogen-bond acceptors (Lipinski definition) is 2. The minimum Gasteiger partial charge on any atom is -0.309 e. The van der Waals surface area contributed by atoms with Crippen LogP contribution in [-0.4, -0.2) is 30.6 Å². The van der Waals surface area contributed by atoms with Crippen LogP contribution in [0.5, 0.6) is 0 Å². The van der Waals surface area contributed by atoms with Crippen LogP contribution < -0.4 is 5.32 Å². The van der Waals surface area contributed by atoms with Gasteiger partial charge in [-0.3, -0.25) is 4.90 Å². The highest BCUT2D eigenvalue weighted by Crippen LogP contribution is 2.32. The summed E-state index contributed by atoms with van der Waals surface area (Å²) in [6.45, 7) is 13.0. The first kappa shape index (κ1) is 16.5. The monoisotopic (exact) mass is 288 g/mol. The molecule has 1 aliphatic rings. The van der Waals surface area contributed by atoms with Crippen molar-refractivity contribution in [2.45, 2.75) is 59.0 Å². The van der Waals surface area contributed by atoms with E-state index in [1.807, 2.05) is 0 Å². The second kappa shape index (κ2) is 7.42. The van der Waals surface area contributed by atoms with Crippen LogP contribution >= 0.6 is 0 Å². The van der Waals surface area contributed by atoms with Crippen molar-refractivity contribution in [2.24, 2.45) is 5.41 Å². The SMILES string of the molecule is CCCNC(c1ccccc1)C(C)N1CCCC(C)(C)C1. The van der Waals surface area contributed by atoms with Crippen molar-refractivity contribution in [3.8, 4) is 0 Å². The molecule has 2 atom stereocenters. The zero-order valence-corrected chi connectivity index (χ0v) is 14.2. The Morgan fingerprint density at radius 1 is 1.24 bits per heavy atom. The van der Waals surface area contributed by atoms with E-state index in [1.54, 1.807) is 0 Å². The van der Waals surface area contributed by atoms with Crippen LogP contribution in [0.1, 0.15) is 58.6 Å². The third-order valence-corrected chi connectivity index (χ3v) is 4.76. The smallest absolute Gasteiger partial charge is 0.0475 e. The molecule has 1 fully saturated rings. The molecule has 1 saturated heterocycles. The molecule has 0 spiro atoms. The molecular weight excluding hydrogens is 256 g/mol. The third-order valence-electron chi connectivity index (χ3n) is 4.76. The van der Waals surface area contributed by atoms with Crippen molar-refractivity contribution in [1.82, 2.24) is 10.2 Å². The standard InChI is InChI=1S/C19H32N2/c1-5-13-20-18(17-10-7-6-8-11-17)16(2)21-14-9-12-19(3,4)15-21/h6-8,10-11,16,18,20H,5,9,12-15H2,1-4H3. The first-order valence-corrected chi connectivity index (χ1v) is 8.56. The fourth-order valence-corrected chi connectivity index (χ4v) is 3.55. The number of benzene rings is 1. The lowest BCUT2D eigenvalue weighted by atomic mass is 9.83. The summed E-state index contributed by atoms with van der Waals surface area (Å²) in [7, 11) is 0. The van der Waals surface area contributed by atoms with Gasteiger partial charge in [0.2, 0.25) is 0 Å². The van der Waals surface area contributed by atoms with E-state index in [4.69, 9.17) is 0 Å². The molecule has 2 rings (SSSR count). The number of nitrogens with zero attached hydrogens (tertiary/aromatic N) is 1. The van der Waals surface area contributed by atoms with Crippen molar-refractivity contribution >= 4 is 0 Å². The lowest BCUT2D eigenvalue weighted by Crippen LogP contribution is -2.49. The predicted molar refractivity (Wildman–Crippen MR) is 91.5 cm³/mol. The van der Waals surface area contributed by atoms with Gasteiger partial charge < -0.3 is 5.32 Å². The maximum Gasteiger partial charge on any atom is 0.0475 e. The molecule has 1 aliphatic heterocycles. The summed E-state index contributed by atoms with van der Waals surface area (Å²) in [6, 6.07) is 11.9. The van der Waals surface area contributed by atoms with Crippen molar-refractivity contribution in [2.75, 3.05) is 19.6 Å². The van der Waals surface area contributed by atoms with Crippen LogP contribution in [0.4, 0.5) is 0 Å². The van der Waals surface area contributed by atoms with Crippen LogP contribution in [0, 0.1) is 5.41 Å². The summed E-state index contributed by atoms with van der Waals surface area (Å²) in [5, 5.41) is 3.77. The van der Waals surface area contributed by atoms with Crippen LogP contribution in [0.2, 0.25) is 0 Å². The van der Waals surface area contributed by atoms with E-state index in [0.29, 0.717) is 17.5 Å². The van der Waals surface area contributed by atoms with E-state index in [0.717, 1.165) is 6.54 Å². The highest BCUT2D eigenvalue weighted by Gasteiger charge is 2.32. The van der Waals surface area contributed by atoms with Crippen LogP contribution in [-0.2, 0) is 0 Å². The van der Waals surface area contributed by atoms with Gasteiger partial charge in [-0.1, -0.05) is 51.1 Å². The fourth-order valence-electron chi connectivity index (χ4n) is 3.55. The van der Waals surface area contributed by atoms with Crippen molar-refractivity contribution < 1.29 is 0 Å². The van der Waals surface area contributed by atoms with E-state index >= 15 is 0 Å². The van der Waals surface area contributed by atoms with Gasteiger partial charge in [0.05, 0.1) is 0 Å². The molecule has 2 heteroatoms. The molecule has 2 unspecified atom stereocenters. The number of likely N-dealkylation sites (tertiary alicyclic amines) is 1. The van der Waals surface area contributed by atoms with E-state index in [1.165, 1.54) is 37.9 Å². The molecule has 118 valence electrons. The zero-order chi connectivity index (χ0) is 15.3. The van der Waals surface area contributed by atoms with Gasteiger partial charge in [-0.2, -0.15) is 0 Å². The Morgan fingerprint density at radius 2 is 1.95 bits per heavy atom. The lowest BCUT2D eigenvalue weighted by Gasteiger charge is -2.44. The van der Waals surface area contributed by atoms with Gasteiger partial charge in [0.1, 0.15) is 0 Å². The molecule has 0 saturated carbocycles. The first-order valence-electron chi connectivity index (χ1n) is 8.56. The fraction of sp³-hybridized carbons (Fsp3) is 0.684. The molecule has 0 aromatic heterocycles. The van der Waals surface area contributed by atoms with Gasteiger partial charge in [-0.25, -0.2) is 0 Å². The molecule has 0 radical (unpaired) electrons. The zero-order valence-electron chi connectivity index (χ0n) is 14.2. The summed E-state index contributed by atoms with van der Waals surface area (Å²) >= 11 is 0. The Morgan fingerprint density at radius 3 is 2.57 bits per heavy atom. The van der Waals surface area contributed by atoms with Gasteiger partial charge in [-0.15, -0.1) is 0 Å². The summed E-state index contributed by atoms with van der Waals surface area (Å²) in [5.41, 5.74) is 1.88. The van der Waals surface area contributed by atoms with Crippen LogP contribution in [0.25, 0.3) is 0 Å². The van der Waals surface area contributed by atoms with Crippen LogP contribution in [0.15, 0.2) is 30.3 Å². The average Bonchev–Trinajstić information content (AvgIpc) is 2.47. The molecule has 1 aromatic rings. The summed E-state index contributed by atoms with van der Waals surface area (Å²) < 4.78 is 0. The van der Waals surface area contributed by atoms with Gasteiger partial charge in [-0.05, 0) is 50.3 Å². The third kappa shape index (κ3) is 4.55. The van der Waals surface area contributed by atoms with Crippen molar-refractivity contribution in [3.63, 3.8) is 0 Å². The lowest BCUT2D eigenvalue weighted by molar-refractivity contribution is 0.0680. The molecule has 2 nitrogen and oxygen atoms in total. The maximum absolute atomic E-state index is 3.77. The van der Waals surface area contributed by atoms with Gasteiger partial charge in [0.15, 0.2) is 0 Å². The Labute approximate surface area is 130 Å². The van der Waals surface area contributed by atoms with E-state index in [-0.39, 0.29) is 0 Å². The largest absolute Gasteiger partial charge is 0.309 e. The summed E-state index contributed by atoms with van der Waals surface area (Å²) in [4.78, 5) is 2.68. The molecule has 1 N–H and O–H groups in total. The van der Waals surface area contributed by atoms with Gasteiger partial charge in [0.25, 0.3) is 0 Å². The molecular formula is C19H32N2. The molecule has 0 bridgehead atoms. The minimum atomic E-state index is 0.431. The quantitative estimate of drug-likeness (QED) is 0.842. The molecule has 1 heterocycles. The Kier molecular flexibility index (Phi) is 5.83. The first-order chi connectivity index (χ1) is 10.0. The number of rotatable bonds is 6. The molecule has 1 aromatic carbocycles. The maximum atomic E-state index is 3.77. The van der Waals surface area contributed by atoms with Crippen molar-refractivity contribution in [3.05, 3.63) is 35.9 Å². The molecule has 0 amide bonds. The highest BCUT2D eigenvalue weighted by molar-refractivity contribution is 5.20. The summed E-state index contributed by atoms with van der Waals surface area (Å²) in [6.07, 6.45) is 3.86. The Balaban J connectivity index is 2.12. The number of hydrogen-bond donors (Lipinski definition) is 1. The Bertz CT molecular complexity index is 413. The highest BCUT2D eigenvalue weighted by atomic mass is 15.2. The average molecular weight is 288 g/mol. The van der Waals surface area contributed by atoms with Crippen molar-refractivity contribution in [1.29, 1.82) is 0 Å².